The second kappa shape index (κ2) is 5.14. The number of carbonyl (C=O) groups is 1. The Morgan fingerprint density at radius 1 is 0.947 bits per heavy atom. The Bertz CT molecular complexity index is 641. The van der Waals surface area contributed by atoms with Crippen molar-refractivity contribution < 1.29 is 18.0 Å². The van der Waals surface area contributed by atoms with Crippen LogP contribution in [0.5, 0.6) is 0 Å². The number of halogens is 3. The summed E-state index contributed by atoms with van der Waals surface area (Å²) < 4.78 is 39.7. The SMILES string of the molecule is NC(=O)Cc1ccc(-c2ccc(F)c(F)c2)c(F)c1. The zero-order valence-corrected chi connectivity index (χ0v) is 9.79. The van der Waals surface area contributed by atoms with Crippen molar-refractivity contribution in [3.05, 3.63) is 59.4 Å². The number of benzene rings is 2. The van der Waals surface area contributed by atoms with E-state index in [0.29, 0.717) is 5.56 Å². The summed E-state index contributed by atoms with van der Waals surface area (Å²) in [4.78, 5) is 10.7. The molecule has 2 aromatic rings. The largest absolute Gasteiger partial charge is 0.369 e. The fourth-order valence-corrected chi connectivity index (χ4v) is 1.77. The fraction of sp³-hybridized carbons (Fsp3) is 0.0714. The summed E-state index contributed by atoms with van der Waals surface area (Å²) in [5.74, 6) is -3.22. The van der Waals surface area contributed by atoms with E-state index in [1.54, 1.807) is 0 Å². The zero-order chi connectivity index (χ0) is 14.0. The highest BCUT2D eigenvalue weighted by Gasteiger charge is 2.10. The minimum absolute atomic E-state index is 0.0744. The Kier molecular flexibility index (Phi) is 3.55. The van der Waals surface area contributed by atoms with Crippen LogP contribution in [-0.4, -0.2) is 5.91 Å². The number of rotatable bonds is 3. The van der Waals surface area contributed by atoms with Gasteiger partial charge in [0.15, 0.2) is 11.6 Å². The fourth-order valence-electron chi connectivity index (χ4n) is 1.77. The summed E-state index contributed by atoms with van der Waals surface area (Å²) >= 11 is 0. The van der Waals surface area contributed by atoms with Crippen molar-refractivity contribution in [3.63, 3.8) is 0 Å². The predicted octanol–water partition coefficient (Wildman–Crippen LogP) is 2.80. The molecule has 19 heavy (non-hydrogen) atoms. The average Bonchev–Trinajstić information content (AvgIpc) is 2.32. The van der Waals surface area contributed by atoms with E-state index in [9.17, 15) is 18.0 Å². The van der Waals surface area contributed by atoms with Gasteiger partial charge >= 0.3 is 0 Å². The van der Waals surface area contributed by atoms with Gasteiger partial charge in [0.25, 0.3) is 0 Å². The third-order valence-corrected chi connectivity index (χ3v) is 2.64. The van der Waals surface area contributed by atoms with Crippen LogP contribution in [0.25, 0.3) is 11.1 Å². The smallest absolute Gasteiger partial charge is 0.221 e. The van der Waals surface area contributed by atoms with Crippen LogP contribution in [0.2, 0.25) is 0 Å². The van der Waals surface area contributed by atoms with E-state index in [-0.39, 0.29) is 17.5 Å². The van der Waals surface area contributed by atoms with Crippen molar-refractivity contribution >= 4 is 5.91 Å². The molecule has 0 heterocycles. The van der Waals surface area contributed by atoms with Gasteiger partial charge in [0.1, 0.15) is 5.82 Å². The zero-order valence-electron chi connectivity index (χ0n) is 9.79. The van der Waals surface area contributed by atoms with Gasteiger partial charge in [-0.3, -0.25) is 4.79 Å². The minimum Gasteiger partial charge on any atom is -0.369 e. The van der Waals surface area contributed by atoms with Gasteiger partial charge in [0.05, 0.1) is 6.42 Å². The van der Waals surface area contributed by atoms with Crippen molar-refractivity contribution in [2.45, 2.75) is 6.42 Å². The lowest BCUT2D eigenvalue weighted by atomic mass is 10.0. The molecular formula is C14H10F3NO. The van der Waals surface area contributed by atoms with Gasteiger partial charge in [-0.15, -0.1) is 0 Å². The molecule has 1 amide bonds. The highest BCUT2D eigenvalue weighted by molar-refractivity contribution is 5.77. The van der Waals surface area contributed by atoms with E-state index in [1.165, 1.54) is 18.2 Å². The Morgan fingerprint density at radius 2 is 1.68 bits per heavy atom. The predicted molar refractivity (Wildman–Crippen MR) is 64.7 cm³/mol. The summed E-state index contributed by atoms with van der Waals surface area (Å²) in [5, 5.41) is 0. The van der Waals surface area contributed by atoms with E-state index >= 15 is 0 Å². The highest BCUT2D eigenvalue weighted by Crippen LogP contribution is 2.25. The molecule has 0 saturated heterocycles. The van der Waals surface area contributed by atoms with Crippen LogP contribution in [0.3, 0.4) is 0 Å². The number of carbonyl (C=O) groups excluding carboxylic acids is 1. The molecule has 2 aromatic carbocycles. The van der Waals surface area contributed by atoms with Gasteiger partial charge in [0.2, 0.25) is 5.91 Å². The second-order valence-electron chi connectivity index (χ2n) is 4.09. The van der Waals surface area contributed by atoms with Crippen molar-refractivity contribution in [3.8, 4) is 11.1 Å². The van der Waals surface area contributed by atoms with Crippen LogP contribution >= 0.6 is 0 Å². The highest BCUT2D eigenvalue weighted by atomic mass is 19.2. The maximum atomic E-state index is 13.9. The maximum Gasteiger partial charge on any atom is 0.221 e. The normalized spacial score (nSPS) is 10.5. The Balaban J connectivity index is 2.40. The molecule has 0 aliphatic carbocycles. The molecule has 0 aliphatic rings. The quantitative estimate of drug-likeness (QED) is 0.911. The van der Waals surface area contributed by atoms with Crippen LogP contribution in [-0.2, 0) is 11.2 Å². The summed E-state index contributed by atoms with van der Waals surface area (Å²) in [6.45, 7) is 0. The van der Waals surface area contributed by atoms with Crippen molar-refractivity contribution in [2.24, 2.45) is 5.73 Å². The summed E-state index contributed by atoms with van der Waals surface area (Å²) in [6.07, 6.45) is -0.0744. The first-order valence-corrected chi connectivity index (χ1v) is 5.49. The monoisotopic (exact) mass is 265 g/mol. The minimum atomic E-state index is -1.04. The van der Waals surface area contributed by atoms with Gasteiger partial charge in [-0.25, -0.2) is 13.2 Å². The first-order chi connectivity index (χ1) is 8.97. The van der Waals surface area contributed by atoms with Crippen molar-refractivity contribution in [2.75, 3.05) is 0 Å². The molecular weight excluding hydrogens is 255 g/mol. The summed E-state index contributed by atoms with van der Waals surface area (Å²) in [5.41, 5.74) is 5.79. The summed E-state index contributed by atoms with van der Waals surface area (Å²) in [6, 6.07) is 7.21. The van der Waals surface area contributed by atoms with Crippen molar-refractivity contribution in [1.82, 2.24) is 0 Å². The van der Waals surface area contributed by atoms with Gasteiger partial charge < -0.3 is 5.73 Å². The van der Waals surface area contributed by atoms with Gasteiger partial charge in [-0.05, 0) is 29.3 Å². The molecule has 98 valence electrons. The van der Waals surface area contributed by atoms with Crippen LogP contribution in [0.4, 0.5) is 13.2 Å². The van der Waals surface area contributed by atoms with Crippen LogP contribution in [0.15, 0.2) is 36.4 Å². The third-order valence-electron chi connectivity index (χ3n) is 2.64. The first-order valence-electron chi connectivity index (χ1n) is 5.49. The topological polar surface area (TPSA) is 43.1 Å². The molecule has 0 fully saturated rings. The van der Waals surface area contributed by atoms with Gasteiger partial charge in [-0.1, -0.05) is 18.2 Å². The lowest BCUT2D eigenvalue weighted by Crippen LogP contribution is -2.13. The Morgan fingerprint density at radius 3 is 2.26 bits per heavy atom. The first kappa shape index (κ1) is 13.1. The standard InChI is InChI=1S/C14H10F3NO/c15-11-4-2-9(7-13(11)17)10-3-1-8(5-12(10)16)6-14(18)19/h1-5,7H,6H2,(H2,18,19). The molecule has 2 nitrogen and oxygen atoms in total. The number of hydrogen-bond acceptors (Lipinski definition) is 1. The molecule has 2 N–H and O–H groups in total. The molecule has 0 unspecified atom stereocenters. The van der Waals surface area contributed by atoms with Crippen LogP contribution in [0.1, 0.15) is 5.56 Å². The molecule has 5 heteroatoms. The molecule has 0 atom stereocenters. The molecule has 0 spiro atoms. The molecule has 2 rings (SSSR count). The number of amides is 1. The molecule has 0 radical (unpaired) electrons. The molecule has 0 saturated carbocycles. The molecule has 0 aliphatic heterocycles. The maximum absolute atomic E-state index is 13.9. The van der Waals surface area contributed by atoms with Gasteiger partial charge in [0, 0.05) is 5.56 Å². The Hall–Kier alpha value is -2.30. The van der Waals surface area contributed by atoms with E-state index in [0.717, 1.165) is 18.2 Å². The number of hydrogen-bond donors (Lipinski definition) is 1. The van der Waals surface area contributed by atoms with Crippen LogP contribution < -0.4 is 5.73 Å². The molecule has 0 aromatic heterocycles. The molecule has 0 bridgehead atoms. The lowest BCUT2D eigenvalue weighted by molar-refractivity contribution is -0.117. The third kappa shape index (κ3) is 2.93. The lowest BCUT2D eigenvalue weighted by Gasteiger charge is -2.06. The van der Waals surface area contributed by atoms with E-state index in [4.69, 9.17) is 5.73 Å². The van der Waals surface area contributed by atoms with E-state index in [1.807, 2.05) is 0 Å². The van der Waals surface area contributed by atoms with E-state index < -0.39 is 23.4 Å². The van der Waals surface area contributed by atoms with Gasteiger partial charge in [-0.2, -0.15) is 0 Å². The Labute approximate surface area is 107 Å². The van der Waals surface area contributed by atoms with Crippen molar-refractivity contribution in [1.29, 1.82) is 0 Å². The van der Waals surface area contributed by atoms with E-state index in [2.05, 4.69) is 0 Å². The number of primary amides is 1. The average molecular weight is 265 g/mol. The number of nitrogens with two attached hydrogens (primary N) is 1. The summed E-state index contributed by atoms with van der Waals surface area (Å²) in [7, 11) is 0. The second-order valence-corrected chi connectivity index (χ2v) is 4.09. The van der Waals surface area contributed by atoms with Crippen LogP contribution in [0, 0.1) is 17.5 Å².